The van der Waals surface area contributed by atoms with Gasteiger partial charge in [-0.15, -0.1) is 0 Å². The van der Waals surface area contributed by atoms with Gasteiger partial charge in [0.05, 0.1) is 5.69 Å². The predicted octanol–water partition coefficient (Wildman–Crippen LogP) is 0.483. The first-order valence-corrected chi connectivity index (χ1v) is 8.29. The monoisotopic (exact) mass is 360 g/mol. The number of urea groups is 1. The molecule has 26 heavy (non-hydrogen) atoms. The Morgan fingerprint density at radius 3 is 3.00 bits per heavy atom. The van der Waals surface area contributed by atoms with Crippen molar-refractivity contribution in [3.63, 3.8) is 0 Å². The van der Waals surface area contributed by atoms with Gasteiger partial charge in [-0.3, -0.25) is 15.0 Å². The van der Waals surface area contributed by atoms with Crippen LogP contribution in [0.5, 0.6) is 0 Å². The number of nitrogens with zero attached hydrogens (tertiary/aromatic N) is 4. The molecule has 3 heterocycles. The number of likely N-dealkylation sites (N-methyl/N-ethyl adjacent to an activating group) is 1. The van der Waals surface area contributed by atoms with Crippen molar-refractivity contribution in [2.24, 2.45) is 5.92 Å². The number of nitrogens with one attached hydrogen (secondary N) is 2. The molecular formula is C16H20N6O4. The number of aromatic nitrogens is 2. The van der Waals surface area contributed by atoms with E-state index in [1.807, 2.05) is 4.90 Å². The summed E-state index contributed by atoms with van der Waals surface area (Å²) in [5, 5.41) is 13.4. The van der Waals surface area contributed by atoms with Gasteiger partial charge in [0.25, 0.3) is 5.91 Å². The quantitative estimate of drug-likeness (QED) is 0.526. The number of rotatable bonds is 4. The maximum atomic E-state index is 11.8. The molecule has 2 fully saturated rings. The van der Waals surface area contributed by atoms with Crippen LogP contribution in [0.2, 0.25) is 0 Å². The van der Waals surface area contributed by atoms with E-state index in [0.717, 1.165) is 19.4 Å². The van der Waals surface area contributed by atoms with Gasteiger partial charge in [0, 0.05) is 32.9 Å². The van der Waals surface area contributed by atoms with Crippen LogP contribution in [0.25, 0.3) is 6.08 Å². The number of piperidine rings is 1. The molecule has 0 bridgehead atoms. The summed E-state index contributed by atoms with van der Waals surface area (Å²) in [5.74, 6) is 0.247. The average Bonchev–Trinajstić information content (AvgIpc) is 2.87. The molecule has 10 nitrogen and oxygen atoms in total. The Balaban J connectivity index is 1.74. The van der Waals surface area contributed by atoms with Crippen molar-refractivity contribution in [1.82, 2.24) is 25.5 Å². The molecule has 1 aromatic rings. The van der Waals surface area contributed by atoms with Crippen molar-refractivity contribution in [3.8, 4) is 0 Å². The van der Waals surface area contributed by atoms with E-state index in [0.29, 0.717) is 24.7 Å². The van der Waals surface area contributed by atoms with Crippen molar-refractivity contribution in [2.75, 3.05) is 31.6 Å². The molecule has 0 aliphatic carbocycles. The van der Waals surface area contributed by atoms with Gasteiger partial charge in [0.1, 0.15) is 5.70 Å². The van der Waals surface area contributed by atoms with Crippen LogP contribution in [0.4, 0.5) is 15.5 Å². The Bertz CT molecular complexity index is 765. The van der Waals surface area contributed by atoms with Crippen molar-refractivity contribution in [2.45, 2.75) is 12.8 Å². The van der Waals surface area contributed by atoms with Crippen LogP contribution < -0.4 is 15.5 Å². The van der Waals surface area contributed by atoms with Gasteiger partial charge in [0.15, 0.2) is 0 Å². The summed E-state index contributed by atoms with van der Waals surface area (Å²) in [5.41, 5.74) is 0.745. The lowest BCUT2D eigenvalue weighted by Gasteiger charge is -2.32. The number of imide groups is 1. The number of carbonyl (C=O) groups is 3. The van der Waals surface area contributed by atoms with Crippen molar-refractivity contribution < 1.29 is 19.5 Å². The average molecular weight is 360 g/mol. The van der Waals surface area contributed by atoms with Gasteiger partial charge in [-0.05, 0) is 30.9 Å². The van der Waals surface area contributed by atoms with E-state index < -0.39 is 18.0 Å². The Labute approximate surface area is 149 Å². The highest BCUT2D eigenvalue weighted by Crippen LogP contribution is 2.21. The number of anilines is 1. The summed E-state index contributed by atoms with van der Waals surface area (Å²) in [6.07, 6.45) is 3.97. The summed E-state index contributed by atoms with van der Waals surface area (Å²) in [6.45, 7) is 1.82. The minimum Gasteiger partial charge on any atom is -0.465 e. The molecule has 10 heteroatoms. The third-order valence-electron chi connectivity index (χ3n) is 4.41. The third-order valence-corrected chi connectivity index (χ3v) is 4.41. The van der Waals surface area contributed by atoms with E-state index in [2.05, 4.69) is 20.6 Å². The number of hydrogen-bond donors (Lipinski definition) is 3. The zero-order valence-corrected chi connectivity index (χ0v) is 14.3. The Morgan fingerprint density at radius 1 is 1.50 bits per heavy atom. The highest BCUT2D eigenvalue weighted by atomic mass is 16.4. The van der Waals surface area contributed by atoms with E-state index in [1.54, 1.807) is 18.3 Å². The fourth-order valence-corrected chi connectivity index (χ4v) is 3.05. The highest BCUT2D eigenvalue weighted by Gasteiger charge is 2.30. The van der Waals surface area contributed by atoms with Gasteiger partial charge >= 0.3 is 12.1 Å². The number of carbonyl (C=O) groups excluding carboxylic acids is 2. The molecule has 0 spiro atoms. The summed E-state index contributed by atoms with van der Waals surface area (Å²) >= 11 is 0. The highest BCUT2D eigenvalue weighted by molar-refractivity contribution is 6.13. The smallest absolute Gasteiger partial charge is 0.404 e. The number of hydrogen-bond acceptors (Lipinski definition) is 6. The zero-order chi connectivity index (χ0) is 18.7. The summed E-state index contributed by atoms with van der Waals surface area (Å²) in [6, 6.07) is 1.19. The van der Waals surface area contributed by atoms with E-state index in [1.165, 1.54) is 11.9 Å². The van der Waals surface area contributed by atoms with Crippen LogP contribution in [0, 0.1) is 5.92 Å². The van der Waals surface area contributed by atoms with Crippen LogP contribution in [-0.2, 0) is 4.79 Å². The molecule has 2 aliphatic rings. The second-order valence-corrected chi connectivity index (χ2v) is 6.27. The molecule has 1 aromatic heterocycles. The van der Waals surface area contributed by atoms with Crippen LogP contribution in [-0.4, -0.2) is 64.7 Å². The molecule has 1 atom stereocenters. The van der Waals surface area contributed by atoms with Gasteiger partial charge in [-0.2, -0.15) is 0 Å². The van der Waals surface area contributed by atoms with Crippen LogP contribution in [0.1, 0.15) is 18.5 Å². The molecule has 1 unspecified atom stereocenters. The molecule has 2 saturated heterocycles. The summed E-state index contributed by atoms with van der Waals surface area (Å²) < 4.78 is 0. The lowest BCUT2D eigenvalue weighted by Crippen LogP contribution is -2.41. The SMILES string of the molecule is CN1C(=O)NC(=O)C1=Cc1ccnc(N2CCCC(CNC(=O)O)C2)n1. The molecule has 0 saturated carbocycles. The van der Waals surface area contributed by atoms with Crippen molar-refractivity contribution in [3.05, 3.63) is 23.7 Å². The van der Waals surface area contributed by atoms with E-state index in [-0.39, 0.29) is 11.6 Å². The molecule has 0 radical (unpaired) electrons. The fraction of sp³-hybridized carbons (Fsp3) is 0.438. The van der Waals surface area contributed by atoms with Crippen LogP contribution in [0.3, 0.4) is 0 Å². The van der Waals surface area contributed by atoms with Crippen molar-refractivity contribution in [1.29, 1.82) is 0 Å². The molecule has 138 valence electrons. The fourth-order valence-electron chi connectivity index (χ4n) is 3.05. The Hall–Kier alpha value is -3.17. The predicted molar refractivity (Wildman–Crippen MR) is 92.3 cm³/mol. The molecule has 3 rings (SSSR count). The van der Waals surface area contributed by atoms with Gasteiger partial charge < -0.3 is 15.3 Å². The molecule has 0 aromatic carbocycles. The maximum absolute atomic E-state index is 11.8. The molecular weight excluding hydrogens is 340 g/mol. The Kier molecular flexibility index (Phi) is 5.01. The summed E-state index contributed by atoms with van der Waals surface area (Å²) in [7, 11) is 1.51. The summed E-state index contributed by atoms with van der Waals surface area (Å²) in [4.78, 5) is 46.0. The van der Waals surface area contributed by atoms with Gasteiger partial charge in [-0.25, -0.2) is 19.6 Å². The minimum absolute atomic E-state index is 0.190. The number of amides is 4. The molecule has 4 amide bonds. The largest absolute Gasteiger partial charge is 0.465 e. The van der Waals surface area contributed by atoms with Gasteiger partial charge in [-0.1, -0.05) is 0 Å². The van der Waals surface area contributed by atoms with Crippen molar-refractivity contribution >= 4 is 30.1 Å². The van der Waals surface area contributed by atoms with Crippen LogP contribution >= 0.6 is 0 Å². The van der Waals surface area contributed by atoms with Gasteiger partial charge in [0.2, 0.25) is 5.95 Å². The standard InChI is InChI=1S/C16H20N6O4/c1-21-12(13(23)20-15(21)24)7-11-4-5-17-14(19-11)22-6-2-3-10(9-22)8-18-16(25)26/h4-5,7,10,18H,2-3,6,8-9H2,1H3,(H,25,26)(H,20,23,24). The molecule has 2 aliphatic heterocycles. The first-order valence-electron chi connectivity index (χ1n) is 8.29. The lowest BCUT2D eigenvalue weighted by atomic mass is 9.98. The first kappa shape index (κ1) is 17.6. The second-order valence-electron chi connectivity index (χ2n) is 6.27. The first-order chi connectivity index (χ1) is 12.4. The van der Waals surface area contributed by atoms with E-state index in [4.69, 9.17) is 5.11 Å². The normalized spacial score (nSPS) is 21.9. The van der Waals surface area contributed by atoms with Crippen LogP contribution in [0.15, 0.2) is 18.0 Å². The zero-order valence-electron chi connectivity index (χ0n) is 14.3. The number of carboxylic acid groups (broad SMARTS) is 1. The topological polar surface area (TPSA) is 128 Å². The molecule has 3 N–H and O–H groups in total. The third kappa shape index (κ3) is 3.90. The second kappa shape index (κ2) is 7.38. The minimum atomic E-state index is -1.03. The Morgan fingerprint density at radius 2 is 2.31 bits per heavy atom. The van der Waals surface area contributed by atoms with E-state index >= 15 is 0 Å². The van der Waals surface area contributed by atoms with E-state index in [9.17, 15) is 14.4 Å². The maximum Gasteiger partial charge on any atom is 0.404 e. The lowest BCUT2D eigenvalue weighted by molar-refractivity contribution is -0.115.